The van der Waals surface area contributed by atoms with Crippen molar-refractivity contribution in [2.45, 2.75) is 19.4 Å². The zero-order chi connectivity index (χ0) is 9.68. The van der Waals surface area contributed by atoms with Crippen molar-refractivity contribution < 1.29 is 9.90 Å². The third kappa shape index (κ3) is 3.16. The molecular weight excluding hydrogens is 186 g/mol. The van der Waals surface area contributed by atoms with Gasteiger partial charge in [-0.15, -0.1) is 0 Å². The SMILES string of the molecule is CC(CCO)NC(=O)c1ccsc1. The number of hydrogen-bond donors (Lipinski definition) is 2. The van der Waals surface area contributed by atoms with Crippen LogP contribution >= 0.6 is 11.3 Å². The van der Waals surface area contributed by atoms with Crippen molar-refractivity contribution in [3.8, 4) is 0 Å². The highest BCUT2D eigenvalue weighted by atomic mass is 32.1. The Morgan fingerprint density at radius 1 is 1.77 bits per heavy atom. The highest BCUT2D eigenvalue weighted by Gasteiger charge is 2.08. The standard InChI is InChI=1S/C9H13NO2S/c1-7(2-4-11)10-9(12)8-3-5-13-6-8/h3,5-7,11H,2,4H2,1H3,(H,10,12). The summed E-state index contributed by atoms with van der Waals surface area (Å²) in [5.41, 5.74) is 0.690. The van der Waals surface area contributed by atoms with Crippen LogP contribution in [0.1, 0.15) is 23.7 Å². The molecule has 0 aromatic carbocycles. The summed E-state index contributed by atoms with van der Waals surface area (Å²) in [6, 6.07) is 1.81. The van der Waals surface area contributed by atoms with Crippen LogP contribution in [0.25, 0.3) is 0 Å². The van der Waals surface area contributed by atoms with Crippen LogP contribution in [-0.4, -0.2) is 23.7 Å². The first-order chi connectivity index (χ1) is 6.24. The molecule has 1 aromatic rings. The predicted molar refractivity (Wildman–Crippen MR) is 53.0 cm³/mol. The number of aliphatic hydroxyl groups excluding tert-OH is 1. The summed E-state index contributed by atoms with van der Waals surface area (Å²) in [6.45, 7) is 1.98. The molecule has 1 heterocycles. The Kier molecular flexibility index (Phi) is 3.92. The topological polar surface area (TPSA) is 49.3 Å². The lowest BCUT2D eigenvalue weighted by Gasteiger charge is -2.11. The van der Waals surface area contributed by atoms with Crippen LogP contribution in [0.3, 0.4) is 0 Å². The van der Waals surface area contributed by atoms with Crippen LogP contribution in [0.4, 0.5) is 0 Å². The van der Waals surface area contributed by atoms with Crippen molar-refractivity contribution in [3.05, 3.63) is 22.4 Å². The molecule has 1 atom stereocenters. The Morgan fingerprint density at radius 3 is 3.08 bits per heavy atom. The molecule has 0 fully saturated rings. The van der Waals surface area contributed by atoms with Gasteiger partial charge < -0.3 is 10.4 Å². The fraction of sp³-hybridized carbons (Fsp3) is 0.444. The number of carbonyl (C=O) groups excluding carboxylic acids is 1. The van der Waals surface area contributed by atoms with E-state index in [4.69, 9.17) is 5.11 Å². The zero-order valence-electron chi connectivity index (χ0n) is 7.49. The highest BCUT2D eigenvalue weighted by molar-refractivity contribution is 7.08. The summed E-state index contributed by atoms with van der Waals surface area (Å²) in [7, 11) is 0. The van der Waals surface area contributed by atoms with Crippen molar-refractivity contribution in [1.82, 2.24) is 5.32 Å². The Balaban J connectivity index is 2.42. The van der Waals surface area contributed by atoms with Gasteiger partial charge in [0.2, 0.25) is 0 Å². The van der Waals surface area contributed by atoms with Gasteiger partial charge in [0.15, 0.2) is 0 Å². The minimum atomic E-state index is -0.0674. The number of carbonyl (C=O) groups is 1. The summed E-state index contributed by atoms with van der Waals surface area (Å²) in [4.78, 5) is 11.4. The van der Waals surface area contributed by atoms with Crippen molar-refractivity contribution >= 4 is 17.2 Å². The maximum atomic E-state index is 11.4. The minimum Gasteiger partial charge on any atom is -0.396 e. The predicted octanol–water partition coefficient (Wildman–Crippen LogP) is 1.25. The third-order valence-electron chi connectivity index (χ3n) is 1.72. The summed E-state index contributed by atoms with van der Waals surface area (Å²) < 4.78 is 0. The average Bonchev–Trinajstić information content (AvgIpc) is 2.55. The van der Waals surface area contributed by atoms with E-state index in [1.165, 1.54) is 11.3 Å². The lowest BCUT2D eigenvalue weighted by Crippen LogP contribution is -2.32. The van der Waals surface area contributed by atoms with Gasteiger partial charge in [0.1, 0.15) is 0 Å². The van der Waals surface area contributed by atoms with Crippen LogP contribution in [0.5, 0.6) is 0 Å². The number of thiophene rings is 1. The molecule has 3 nitrogen and oxygen atoms in total. The first kappa shape index (κ1) is 10.2. The Hall–Kier alpha value is -0.870. The second-order valence-electron chi connectivity index (χ2n) is 2.90. The van der Waals surface area contributed by atoms with Gasteiger partial charge in [-0.05, 0) is 24.8 Å². The van der Waals surface area contributed by atoms with Gasteiger partial charge in [-0.3, -0.25) is 4.79 Å². The van der Waals surface area contributed by atoms with Crippen molar-refractivity contribution in [1.29, 1.82) is 0 Å². The summed E-state index contributed by atoms with van der Waals surface area (Å²) in [6.07, 6.45) is 0.593. The maximum absolute atomic E-state index is 11.4. The molecule has 0 spiro atoms. The van der Waals surface area contributed by atoms with Gasteiger partial charge >= 0.3 is 0 Å². The largest absolute Gasteiger partial charge is 0.396 e. The van der Waals surface area contributed by atoms with Gasteiger partial charge in [-0.25, -0.2) is 0 Å². The van der Waals surface area contributed by atoms with Crippen LogP contribution in [0.2, 0.25) is 0 Å². The van der Waals surface area contributed by atoms with Gasteiger partial charge in [-0.1, -0.05) is 0 Å². The fourth-order valence-electron chi connectivity index (χ4n) is 0.967. The van der Waals surface area contributed by atoms with Crippen molar-refractivity contribution in [2.75, 3.05) is 6.61 Å². The number of rotatable bonds is 4. The van der Waals surface area contributed by atoms with Crippen LogP contribution in [0.15, 0.2) is 16.8 Å². The van der Waals surface area contributed by atoms with E-state index in [1.54, 1.807) is 11.4 Å². The molecule has 0 saturated carbocycles. The van der Waals surface area contributed by atoms with Crippen LogP contribution in [-0.2, 0) is 0 Å². The quantitative estimate of drug-likeness (QED) is 0.766. The highest BCUT2D eigenvalue weighted by Crippen LogP contribution is 2.05. The first-order valence-corrected chi connectivity index (χ1v) is 5.12. The molecule has 1 unspecified atom stereocenters. The van der Waals surface area contributed by atoms with Crippen molar-refractivity contribution in [2.24, 2.45) is 0 Å². The second kappa shape index (κ2) is 4.99. The monoisotopic (exact) mass is 199 g/mol. The molecule has 1 aromatic heterocycles. The molecule has 1 rings (SSSR count). The molecule has 0 aliphatic rings. The lowest BCUT2D eigenvalue weighted by molar-refractivity contribution is 0.0935. The van der Waals surface area contributed by atoms with Gasteiger partial charge in [-0.2, -0.15) is 11.3 Å². The van der Waals surface area contributed by atoms with E-state index in [-0.39, 0.29) is 18.6 Å². The number of amides is 1. The van der Waals surface area contributed by atoms with Gasteiger partial charge in [0.05, 0.1) is 0 Å². The zero-order valence-corrected chi connectivity index (χ0v) is 8.30. The molecule has 72 valence electrons. The molecule has 13 heavy (non-hydrogen) atoms. The molecular formula is C9H13NO2S. The smallest absolute Gasteiger partial charge is 0.252 e. The van der Waals surface area contributed by atoms with E-state index in [9.17, 15) is 4.79 Å². The molecule has 0 saturated heterocycles. The van der Waals surface area contributed by atoms with E-state index >= 15 is 0 Å². The fourth-order valence-corrected chi connectivity index (χ4v) is 1.60. The Labute approximate surface area is 81.4 Å². The number of nitrogens with one attached hydrogen (secondary N) is 1. The normalized spacial score (nSPS) is 12.5. The van der Waals surface area contributed by atoms with Crippen LogP contribution < -0.4 is 5.32 Å². The third-order valence-corrected chi connectivity index (χ3v) is 2.41. The van der Waals surface area contributed by atoms with E-state index in [2.05, 4.69) is 5.32 Å². The molecule has 1 amide bonds. The van der Waals surface area contributed by atoms with E-state index < -0.39 is 0 Å². The molecule has 0 aliphatic heterocycles. The molecule has 0 bridgehead atoms. The molecule has 2 N–H and O–H groups in total. The molecule has 0 aliphatic carbocycles. The molecule has 4 heteroatoms. The molecule has 0 radical (unpaired) electrons. The van der Waals surface area contributed by atoms with Crippen LogP contribution in [0, 0.1) is 0 Å². The van der Waals surface area contributed by atoms with E-state index in [0.717, 1.165) is 0 Å². The van der Waals surface area contributed by atoms with E-state index in [1.807, 2.05) is 12.3 Å². The minimum absolute atomic E-state index is 0.0254. The average molecular weight is 199 g/mol. The number of hydrogen-bond acceptors (Lipinski definition) is 3. The Morgan fingerprint density at radius 2 is 2.54 bits per heavy atom. The van der Waals surface area contributed by atoms with Gasteiger partial charge in [0, 0.05) is 23.6 Å². The summed E-state index contributed by atoms with van der Waals surface area (Å²) in [5.74, 6) is -0.0674. The summed E-state index contributed by atoms with van der Waals surface area (Å²) in [5, 5.41) is 15.1. The summed E-state index contributed by atoms with van der Waals surface area (Å²) >= 11 is 1.50. The number of aliphatic hydroxyl groups is 1. The second-order valence-corrected chi connectivity index (χ2v) is 3.68. The van der Waals surface area contributed by atoms with E-state index in [0.29, 0.717) is 12.0 Å². The van der Waals surface area contributed by atoms with Crippen molar-refractivity contribution in [3.63, 3.8) is 0 Å². The Bertz CT molecular complexity index is 259. The lowest BCUT2D eigenvalue weighted by atomic mass is 10.2. The maximum Gasteiger partial charge on any atom is 0.252 e. The van der Waals surface area contributed by atoms with Gasteiger partial charge in [0.25, 0.3) is 5.91 Å². The first-order valence-electron chi connectivity index (χ1n) is 4.18.